The van der Waals surface area contributed by atoms with Crippen molar-refractivity contribution >= 4 is 41.4 Å². The van der Waals surface area contributed by atoms with Crippen LogP contribution in [0.3, 0.4) is 0 Å². The predicted molar refractivity (Wildman–Crippen MR) is 144 cm³/mol. The number of carbonyl (C=O) groups excluding carboxylic acids is 2. The van der Waals surface area contributed by atoms with Gasteiger partial charge in [0.05, 0.1) is 11.5 Å². The number of carbonyl (C=O) groups is 2. The van der Waals surface area contributed by atoms with E-state index in [0.717, 1.165) is 41.5 Å². The molecule has 190 valence electrons. The fourth-order valence-electron chi connectivity index (χ4n) is 4.50. The number of unbranched alkanes of at least 4 members (excludes halogenated alkanes) is 2. The molecule has 1 aliphatic rings. The van der Waals surface area contributed by atoms with Crippen LogP contribution in [0.2, 0.25) is 0 Å². The number of amides is 2. The number of halogens is 1. The normalized spacial score (nSPS) is 15.3. The molecule has 0 aromatic heterocycles. The molecule has 0 saturated heterocycles. The molecule has 0 aliphatic carbocycles. The summed E-state index contributed by atoms with van der Waals surface area (Å²) in [7, 11) is 0. The fourth-order valence-corrected chi connectivity index (χ4v) is 4.50. The molecule has 4 N–H and O–H groups in total. The Bertz CT molecular complexity index is 1130. The van der Waals surface area contributed by atoms with Crippen molar-refractivity contribution in [1.82, 2.24) is 4.90 Å². The number of benzene rings is 2. The molecule has 1 aliphatic heterocycles. The minimum absolute atomic E-state index is 0. The minimum Gasteiger partial charge on any atom is -0.507 e. The minimum atomic E-state index is -0.764. The number of nitrogens with two attached hydrogens (primary N) is 1. The van der Waals surface area contributed by atoms with E-state index in [1.165, 1.54) is 0 Å². The van der Waals surface area contributed by atoms with Gasteiger partial charge in [-0.2, -0.15) is 0 Å². The third-order valence-electron chi connectivity index (χ3n) is 6.54. The zero-order valence-electron chi connectivity index (χ0n) is 21.3. The maximum absolute atomic E-state index is 13.7. The largest absolute Gasteiger partial charge is 0.507 e. The Morgan fingerprint density at radius 1 is 1.17 bits per heavy atom. The fraction of sp³-hybridized carbons (Fsp3) is 0.444. The van der Waals surface area contributed by atoms with Gasteiger partial charge in [-0.1, -0.05) is 25.8 Å². The Morgan fingerprint density at radius 3 is 2.54 bits per heavy atom. The summed E-state index contributed by atoms with van der Waals surface area (Å²) >= 11 is 0. The predicted octanol–water partition coefficient (Wildman–Crippen LogP) is 5.39. The Hall–Kier alpha value is -3.06. The van der Waals surface area contributed by atoms with E-state index < -0.39 is 6.04 Å². The van der Waals surface area contributed by atoms with Gasteiger partial charge >= 0.3 is 0 Å². The molecule has 0 bridgehead atoms. The highest BCUT2D eigenvalue weighted by Crippen LogP contribution is 2.36. The first-order valence-corrected chi connectivity index (χ1v) is 12.0. The van der Waals surface area contributed by atoms with Crippen molar-refractivity contribution in [3.8, 4) is 5.75 Å². The van der Waals surface area contributed by atoms with Crippen LogP contribution in [0, 0.1) is 20.8 Å². The van der Waals surface area contributed by atoms with Crippen LogP contribution in [0.1, 0.15) is 73.4 Å². The maximum Gasteiger partial charge on any atom is 0.251 e. The monoisotopic (exact) mass is 500 g/mol. The van der Waals surface area contributed by atoms with Gasteiger partial charge in [0.25, 0.3) is 5.91 Å². The molecule has 0 spiro atoms. The van der Waals surface area contributed by atoms with E-state index in [4.69, 9.17) is 5.73 Å². The summed E-state index contributed by atoms with van der Waals surface area (Å²) in [6, 6.07) is 6.73. The molecule has 0 radical (unpaired) electrons. The second-order valence-electron chi connectivity index (χ2n) is 9.16. The van der Waals surface area contributed by atoms with Crippen LogP contribution in [0.15, 0.2) is 29.3 Å². The molecular weight excluding hydrogens is 464 g/mol. The van der Waals surface area contributed by atoms with Crippen molar-refractivity contribution in [2.45, 2.75) is 72.8 Å². The third kappa shape index (κ3) is 6.34. The summed E-state index contributed by atoms with van der Waals surface area (Å²) in [5, 5.41) is 13.3. The molecule has 0 fully saturated rings. The second-order valence-corrected chi connectivity index (χ2v) is 9.16. The highest BCUT2D eigenvalue weighted by atomic mass is 35.5. The number of aliphatic imine (C=N–C) groups is 1. The summed E-state index contributed by atoms with van der Waals surface area (Å²) in [6.45, 7) is 9.79. The lowest BCUT2D eigenvalue weighted by atomic mass is 9.90. The summed E-state index contributed by atoms with van der Waals surface area (Å²) in [4.78, 5) is 33.0. The molecule has 1 atom stereocenters. The van der Waals surface area contributed by atoms with E-state index in [0.29, 0.717) is 42.2 Å². The highest BCUT2D eigenvalue weighted by molar-refractivity contribution is 5.99. The van der Waals surface area contributed by atoms with Gasteiger partial charge in [0.1, 0.15) is 11.8 Å². The number of phenols is 1. The Balaban J connectivity index is 0.00000432. The van der Waals surface area contributed by atoms with Gasteiger partial charge in [-0.3, -0.25) is 9.59 Å². The molecule has 35 heavy (non-hydrogen) atoms. The van der Waals surface area contributed by atoms with Gasteiger partial charge in [-0.15, -0.1) is 12.4 Å². The number of phenolic OH excluding ortho intramolecular Hbond substituents is 1. The molecule has 8 heteroatoms. The van der Waals surface area contributed by atoms with E-state index in [1.807, 2.05) is 32.0 Å². The van der Waals surface area contributed by atoms with E-state index >= 15 is 0 Å². The number of amidine groups is 1. The Labute approximate surface area is 214 Å². The topological polar surface area (TPSA) is 108 Å². The quantitative estimate of drug-likeness (QED) is 0.205. The first-order chi connectivity index (χ1) is 16.1. The van der Waals surface area contributed by atoms with Crippen LogP contribution in [0.5, 0.6) is 5.75 Å². The summed E-state index contributed by atoms with van der Waals surface area (Å²) in [5.41, 5.74) is 11.1. The first-order valence-electron chi connectivity index (χ1n) is 12.0. The van der Waals surface area contributed by atoms with Crippen molar-refractivity contribution < 1.29 is 14.7 Å². The third-order valence-corrected chi connectivity index (χ3v) is 6.54. The number of hydrogen-bond acceptors (Lipinski definition) is 4. The van der Waals surface area contributed by atoms with Gasteiger partial charge in [0, 0.05) is 18.7 Å². The summed E-state index contributed by atoms with van der Waals surface area (Å²) < 4.78 is 0. The van der Waals surface area contributed by atoms with Gasteiger partial charge in [0.15, 0.2) is 0 Å². The molecule has 3 rings (SSSR count). The maximum atomic E-state index is 13.7. The van der Waals surface area contributed by atoms with Crippen molar-refractivity contribution in [3.63, 3.8) is 0 Å². The van der Waals surface area contributed by atoms with Crippen molar-refractivity contribution in [1.29, 1.82) is 0 Å². The van der Waals surface area contributed by atoms with Gasteiger partial charge in [0.2, 0.25) is 5.91 Å². The van der Waals surface area contributed by atoms with E-state index in [-0.39, 0.29) is 30.0 Å². The number of fused-ring (bicyclic) bond motifs is 1. The number of nitrogens with zero attached hydrogens (tertiary/aromatic N) is 2. The SMILES string of the molecule is CCCCCC(=O)N1CCc2ccc(N=C(C)N)cc2C1C(=O)Nc1cc(C)c(O)c(C)c1C.Cl. The number of hydrogen-bond donors (Lipinski definition) is 3. The van der Waals surface area contributed by atoms with Crippen LogP contribution in [-0.4, -0.2) is 34.2 Å². The van der Waals surface area contributed by atoms with Gasteiger partial charge in [-0.25, -0.2) is 4.99 Å². The number of aromatic hydroxyl groups is 1. The second kappa shape index (κ2) is 12.1. The van der Waals surface area contributed by atoms with E-state index in [2.05, 4.69) is 17.2 Å². The van der Waals surface area contributed by atoms with Crippen molar-refractivity contribution in [3.05, 3.63) is 52.1 Å². The Morgan fingerprint density at radius 2 is 1.89 bits per heavy atom. The van der Waals surface area contributed by atoms with Crippen LogP contribution < -0.4 is 11.1 Å². The van der Waals surface area contributed by atoms with E-state index in [1.54, 1.807) is 24.8 Å². The zero-order valence-corrected chi connectivity index (χ0v) is 22.1. The van der Waals surface area contributed by atoms with Crippen LogP contribution in [-0.2, 0) is 16.0 Å². The van der Waals surface area contributed by atoms with Crippen LogP contribution in [0.4, 0.5) is 11.4 Å². The molecule has 7 nitrogen and oxygen atoms in total. The average Bonchev–Trinajstić information content (AvgIpc) is 2.79. The lowest BCUT2D eigenvalue weighted by molar-refractivity contribution is -0.139. The Kier molecular flexibility index (Phi) is 9.72. The van der Waals surface area contributed by atoms with Crippen molar-refractivity contribution in [2.24, 2.45) is 10.7 Å². The number of nitrogens with one attached hydrogen (secondary N) is 1. The van der Waals surface area contributed by atoms with Crippen LogP contribution >= 0.6 is 12.4 Å². The van der Waals surface area contributed by atoms with Crippen molar-refractivity contribution in [2.75, 3.05) is 11.9 Å². The van der Waals surface area contributed by atoms with Gasteiger partial charge in [-0.05, 0) is 86.6 Å². The number of rotatable bonds is 7. The average molecular weight is 501 g/mol. The molecule has 1 heterocycles. The number of anilines is 1. The highest BCUT2D eigenvalue weighted by Gasteiger charge is 2.36. The standard InChI is InChI=1S/C27H36N4O3.ClH/c1-6-7-8-9-24(32)31-13-12-20-10-11-21(29-19(5)28)15-22(20)25(31)27(34)30-23-14-16(2)26(33)18(4)17(23)3;/h10-11,14-15,25,33H,6-9,12-13H2,1-5H3,(H2,28,29)(H,30,34);1H. The van der Waals surface area contributed by atoms with E-state index in [9.17, 15) is 14.7 Å². The molecule has 1 unspecified atom stereocenters. The molecule has 2 aromatic carbocycles. The van der Waals surface area contributed by atoms with Crippen LogP contribution in [0.25, 0.3) is 0 Å². The summed E-state index contributed by atoms with van der Waals surface area (Å²) in [5.74, 6) is 0.363. The molecule has 2 amide bonds. The van der Waals surface area contributed by atoms with Gasteiger partial charge < -0.3 is 21.1 Å². The zero-order chi connectivity index (χ0) is 25.0. The lowest BCUT2D eigenvalue weighted by Gasteiger charge is -2.37. The smallest absolute Gasteiger partial charge is 0.251 e. The molecule has 2 aromatic rings. The molecular formula is C27H37ClN4O3. The summed E-state index contributed by atoms with van der Waals surface area (Å²) in [6.07, 6.45) is 3.91. The first kappa shape index (κ1) is 28.2. The number of aryl methyl sites for hydroxylation is 1. The molecule has 0 saturated carbocycles. The lowest BCUT2D eigenvalue weighted by Crippen LogP contribution is -2.45.